The van der Waals surface area contributed by atoms with Gasteiger partial charge in [-0.3, -0.25) is 0 Å². The Labute approximate surface area is 61.6 Å². The van der Waals surface area contributed by atoms with E-state index in [4.69, 9.17) is 9.84 Å². The van der Waals surface area contributed by atoms with E-state index in [-0.39, 0.29) is 6.61 Å². The Morgan fingerprint density at radius 3 is 2.80 bits per heavy atom. The molecule has 0 amide bonds. The standard InChI is InChI=1S/C7H15O3/c1-2-3-4-10-6-7(9)5-8/h7,9H,2-6H2,1H3. The third kappa shape index (κ3) is 6.01. The molecule has 0 saturated carbocycles. The van der Waals surface area contributed by atoms with Crippen LogP contribution in [0.3, 0.4) is 0 Å². The summed E-state index contributed by atoms with van der Waals surface area (Å²) in [5, 5.41) is 18.7. The number of unbranched alkanes of at least 4 members (excludes halogenated alkanes) is 1. The number of aliphatic hydroxyl groups excluding tert-OH is 1. The van der Waals surface area contributed by atoms with E-state index in [1.54, 1.807) is 0 Å². The number of hydrogen-bond acceptors (Lipinski definition) is 2. The van der Waals surface area contributed by atoms with Crippen molar-refractivity contribution in [2.45, 2.75) is 25.9 Å². The fraction of sp³-hybridized carbons (Fsp3) is 1.00. The van der Waals surface area contributed by atoms with Crippen LogP contribution in [-0.2, 0) is 9.84 Å². The van der Waals surface area contributed by atoms with E-state index >= 15 is 0 Å². The molecule has 0 rings (SSSR count). The van der Waals surface area contributed by atoms with Crippen LogP contribution in [0.5, 0.6) is 0 Å². The van der Waals surface area contributed by atoms with Gasteiger partial charge in [-0.1, -0.05) is 13.3 Å². The van der Waals surface area contributed by atoms with Crippen LogP contribution in [0.25, 0.3) is 0 Å². The van der Waals surface area contributed by atoms with E-state index in [0.717, 1.165) is 12.8 Å². The van der Waals surface area contributed by atoms with Crippen LogP contribution in [0.2, 0.25) is 0 Å². The second kappa shape index (κ2) is 6.99. The van der Waals surface area contributed by atoms with Crippen molar-refractivity contribution in [3.8, 4) is 0 Å². The van der Waals surface area contributed by atoms with Gasteiger partial charge in [-0.2, -0.15) is 0 Å². The lowest BCUT2D eigenvalue weighted by Gasteiger charge is -2.05. The predicted octanol–water partition coefficient (Wildman–Crippen LogP) is 0.595. The number of ether oxygens (including phenoxy) is 1. The Morgan fingerprint density at radius 2 is 2.30 bits per heavy atom. The maximum Gasteiger partial charge on any atom is 0.110 e. The summed E-state index contributed by atoms with van der Waals surface area (Å²) < 4.78 is 4.98. The molecule has 0 aliphatic rings. The van der Waals surface area contributed by atoms with Crippen molar-refractivity contribution in [3.63, 3.8) is 0 Å². The van der Waals surface area contributed by atoms with Gasteiger partial charge in [-0.05, 0) is 6.42 Å². The average Bonchev–Trinajstić information content (AvgIpc) is 1.98. The number of aliphatic hydroxyl groups is 1. The molecule has 0 aliphatic carbocycles. The molecule has 61 valence electrons. The van der Waals surface area contributed by atoms with Gasteiger partial charge in [0.15, 0.2) is 0 Å². The second-order valence-corrected chi connectivity index (χ2v) is 2.25. The Bertz CT molecular complexity index is 65.9. The molecule has 3 nitrogen and oxygen atoms in total. The summed E-state index contributed by atoms with van der Waals surface area (Å²) in [6.45, 7) is 2.43. The summed E-state index contributed by atoms with van der Waals surface area (Å²) in [6, 6.07) is 0. The zero-order valence-corrected chi connectivity index (χ0v) is 6.38. The number of hydrogen-bond donors (Lipinski definition) is 1. The molecule has 0 aliphatic heterocycles. The molecule has 0 fully saturated rings. The smallest absolute Gasteiger partial charge is 0.110 e. The van der Waals surface area contributed by atoms with Crippen molar-refractivity contribution in [2.24, 2.45) is 0 Å². The fourth-order valence-corrected chi connectivity index (χ4v) is 0.514. The molecule has 0 heterocycles. The van der Waals surface area contributed by atoms with E-state index in [1.807, 2.05) is 0 Å². The topological polar surface area (TPSA) is 49.4 Å². The summed E-state index contributed by atoms with van der Waals surface area (Å²) in [4.78, 5) is 0. The van der Waals surface area contributed by atoms with Crippen molar-refractivity contribution < 1.29 is 14.9 Å². The van der Waals surface area contributed by atoms with Gasteiger partial charge in [0.05, 0.1) is 6.61 Å². The van der Waals surface area contributed by atoms with E-state index < -0.39 is 12.7 Å². The highest BCUT2D eigenvalue weighted by Crippen LogP contribution is 1.89. The molecule has 0 aromatic rings. The SMILES string of the molecule is CCCCOCC(O)C[O]. The van der Waals surface area contributed by atoms with Crippen LogP contribution in [0.15, 0.2) is 0 Å². The van der Waals surface area contributed by atoms with E-state index in [0.29, 0.717) is 6.61 Å². The van der Waals surface area contributed by atoms with Crippen LogP contribution >= 0.6 is 0 Å². The van der Waals surface area contributed by atoms with Crippen LogP contribution in [-0.4, -0.2) is 31.0 Å². The Hall–Kier alpha value is -0.120. The average molecular weight is 147 g/mol. The molecule has 3 heteroatoms. The largest absolute Gasteiger partial charge is 0.388 e. The summed E-state index contributed by atoms with van der Waals surface area (Å²) in [5.74, 6) is 0. The van der Waals surface area contributed by atoms with Gasteiger partial charge < -0.3 is 9.84 Å². The Kier molecular flexibility index (Phi) is 6.91. The number of rotatable bonds is 6. The lowest BCUT2D eigenvalue weighted by Crippen LogP contribution is -2.18. The van der Waals surface area contributed by atoms with Gasteiger partial charge in [-0.25, -0.2) is 5.11 Å². The highest BCUT2D eigenvalue weighted by Gasteiger charge is 2.00. The third-order valence-electron chi connectivity index (χ3n) is 1.14. The molecule has 1 atom stereocenters. The maximum absolute atomic E-state index is 9.96. The second-order valence-electron chi connectivity index (χ2n) is 2.25. The minimum atomic E-state index is -0.822. The normalized spacial score (nSPS) is 13.5. The Morgan fingerprint density at radius 1 is 1.60 bits per heavy atom. The molecule has 1 radical (unpaired) electrons. The van der Waals surface area contributed by atoms with Gasteiger partial charge in [0.2, 0.25) is 0 Å². The van der Waals surface area contributed by atoms with Gasteiger partial charge in [0.1, 0.15) is 12.7 Å². The van der Waals surface area contributed by atoms with Crippen molar-refractivity contribution in [2.75, 3.05) is 19.8 Å². The first-order valence-corrected chi connectivity index (χ1v) is 3.65. The van der Waals surface area contributed by atoms with Crippen LogP contribution in [0, 0.1) is 0 Å². The summed E-state index contributed by atoms with van der Waals surface area (Å²) in [5.41, 5.74) is 0. The zero-order chi connectivity index (χ0) is 7.82. The molecular weight excluding hydrogens is 132 g/mol. The molecule has 0 aromatic heterocycles. The first-order chi connectivity index (χ1) is 4.81. The summed E-state index contributed by atoms with van der Waals surface area (Å²) in [6.07, 6.45) is 1.25. The van der Waals surface area contributed by atoms with Crippen molar-refractivity contribution in [1.82, 2.24) is 0 Å². The van der Waals surface area contributed by atoms with E-state index in [2.05, 4.69) is 6.92 Å². The van der Waals surface area contributed by atoms with E-state index in [9.17, 15) is 5.11 Å². The lowest BCUT2D eigenvalue weighted by molar-refractivity contribution is -0.0125. The fourth-order valence-electron chi connectivity index (χ4n) is 0.514. The predicted molar refractivity (Wildman–Crippen MR) is 37.3 cm³/mol. The lowest BCUT2D eigenvalue weighted by atomic mass is 10.3. The van der Waals surface area contributed by atoms with Crippen molar-refractivity contribution in [1.29, 1.82) is 0 Å². The molecule has 0 aromatic carbocycles. The van der Waals surface area contributed by atoms with Crippen molar-refractivity contribution in [3.05, 3.63) is 0 Å². The zero-order valence-electron chi connectivity index (χ0n) is 6.38. The highest BCUT2D eigenvalue weighted by molar-refractivity contribution is 4.47. The van der Waals surface area contributed by atoms with Gasteiger partial charge in [-0.15, -0.1) is 0 Å². The molecule has 0 spiro atoms. The third-order valence-corrected chi connectivity index (χ3v) is 1.14. The quantitative estimate of drug-likeness (QED) is 0.559. The first-order valence-electron chi connectivity index (χ1n) is 3.65. The summed E-state index contributed by atoms with van der Waals surface area (Å²) >= 11 is 0. The molecule has 10 heavy (non-hydrogen) atoms. The van der Waals surface area contributed by atoms with Gasteiger partial charge in [0.25, 0.3) is 0 Å². The molecule has 0 saturated heterocycles. The first kappa shape index (κ1) is 9.88. The summed E-state index contributed by atoms with van der Waals surface area (Å²) in [7, 11) is 0. The molecule has 1 N–H and O–H groups in total. The molecule has 1 unspecified atom stereocenters. The van der Waals surface area contributed by atoms with Crippen LogP contribution in [0.1, 0.15) is 19.8 Å². The van der Waals surface area contributed by atoms with Gasteiger partial charge >= 0.3 is 0 Å². The molecular formula is C7H15O3. The van der Waals surface area contributed by atoms with E-state index in [1.165, 1.54) is 0 Å². The maximum atomic E-state index is 9.96. The highest BCUT2D eigenvalue weighted by atomic mass is 16.5. The Balaban J connectivity index is 2.89. The molecule has 0 bridgehead atoms. The minimum Gasteiger partial charge on any atom is -0.388 e. The monoisotopic (exact) mass is 147 g/mol. The minimum absolute atomic E-state index is 0.184. The van der Waals surface area contributed by atoms with Crippen LogP contribution < -0.4 is 0 Å². The van der Waals surface area contributed by atoms with Gasteiger partial charge in [0, 0.05) is 6.61 Å². The van der Waals surface area contributed by atoms with Crippen molar-refractivity contribution >= 4 is 0 Å². The van der Waals surface area contributed by atoms with Crippen LogP contribution in [0.4, 0.5) is 0 Å².